The number of aliphatic hydroxyl groups excluding tert-OH is 1. The van der Waals surface area contributed by atoms with Crippen molar-refractivity contribution >= 4 is 17.0 Å². The zero-order chi connectivity index (χ0) is 17.3. The van der Waals surface area contributed by atoms with Gasteiger partial charge in [-0.3, -0.25) is 4.90 Å². The Bertz CT molecular complexity index is 692. The second-order valence-electron chi connectivity index (χ2n) is 6.40. The second kappa shape index (κ2) is 10.9. The van der Waals surface area contributed by atoms with Gasteiger partial charge in [0.25, 0.3) is 0 Å². The van der Waals surface area contributed by atoms with Gasteiger partial charge in [-0.25, -0.2) is 0 Å². The molecule has 0 aromatic heterocycles. The Labute approximate surface area is 166 Å². The fourth-order valence-corrected chi connectivity index (χ4v) is 3.15. The van der Waals surface area contributed by atoms with Crippen LogP contribution in [0.5, 0.6) is 0 Å². The van der Waals surface area contributed by atoms with E-state index >= 15 is 0 Å². The summed E-state index contributed by atoms with van der Waals surface area (Å²) < 4.78 is 0. The van der Waals surface area contributed by atoms with E-state index in [4.69, 9.17) is 0 Å². The van der Waals surface area contributed by atoms with Crippen molar-refractivity contribution in [3.63, 3.8) is 0 Å². The molecule has 0 saturated heterocycles. The maximum Gasteiger partial charge on any atom is 0.0590 e. The number of rotatable bonds is 8. The second-order valence-corrected chi connectivity index (χ2v) is 6.40. The van der Waals surface area contributed by atoms with Crippen molar-refractivity contribution in [3.8, 4) is 0 Å². The van der Waals surface area contributed by atoms with E-state index in [-0.39, 0.29) is 29.6 Å². The monoisotopic (exact) mass is 411 g/mol. The fraction of sp³-hybridized carbons (Fsp3) is 0.217. The Morgan fingerprint density at radius 1 is 0.615 bits per heavy atom. The fourth-order valence-electron chi connectivity index (χ4n) is 3.15. The molecule has 2 nitrogen and oxygen atoms in total. The van der Waals surface area contributed by atoms with E-state index in [0.29, 0.717) is 0 Å². The van der Waals surface area contributed by atoms with Gasteiger partial charge in [-0.1, -0.05) is 91.0 Å². The molecule has 0 aliphatic carbocycles. The molecule has 0 saturated carbocycles. The van der Waals surface area contributed by atoms with E-state index < -0.39 is 0 Å². The molecule has 0 unspecified atom stereocenters. The predicted octanol–water partition coefficient (Wildman–Crippen LogP) is 4.87. The van der Waals surface area contributed by atoms with Gasteiger partial charge in [0, 0.05) is 19.1 Å². The molecule has 26 heavy (non-hydrogen) atoms. The Hall–Kier alpha value is -1.94. The topological polar surface area (TPSA) is 23.5 Å². The molecule has 0 aliphatic heterocycles. The summed E-state index contributed by atoms with van der Waals surface area (Å²) in [4.78, 5) is 2.37. The van der Waals surface area contributed by atoms with Crippen LogP contribution in [0.25, 0.3) is 0 Å². The van der Waals surface area contributed by atoms with Crippen LogP contribution in [-0.4, -0.2) is 22.7 Å². The van der Waals surface area contributed by atoms with E-state index in [0.717, 1.165) is 19.5 Å². The lowest BCUT2D eigenvalue weighted by atomic mass is 10.0. The molecule has 1 atom stereocenters. The van der Waals surface area contributed by atoms with Gasteiger partial charge in [-0.2, -0.15) is 0 Å². The lowest BCUT2D eigenvalue weighted by Gasteiger charge is -2.31. The lowest BCUT2D eigenvalue weighted by Crippen LogP contribution is -2.38. The predicted molar refractivity (Wildman–Crippen MR) is 113 cm³/mol. The van der Waals surface area contributed by atoms with Crippen molar-refractivity contribution in [3.05, 3.63) is 108 Å². The van der Waals surface area contributed by atoms with Crippen LogP contribution in [0.1, 0.15) is 16.7 Å². The number of nitrogens with zero attached hydrogens (tertiary/aromatic N) is 1. The third-order valence-electron chi connectivity index (χ3n) is 4.50. The largest absolute Gasteiger partial charge is 0.395 e. The summed E-state index contributed by atoms with van der Waals surface area (Å²) in [5, 5.41) is 10.1. The highest BCUT2D eigenvalue weighted by molar-refractivity contribution is 8.93. The molecule has 3 heteroatoms. The van der Waals surface area contributed by atoms with E-state index in [2.05, 4.69) is 77.7 Å². The van der Waals surface area contributed by atoms with Gasteiger partial charge < -0.3 is 5.11 Å². The number of aliphatic hydroxyl groups is 1. The molecular weight excluding hydrogens is 386 g/mol. The van der Waals surface area contributed by atoms with Gasteiger partial charge >= 0.3 is 0 Å². The SMILES string of the molecule is Br.OC[C@H](Cc1ccccc1)N(Cc1ccccc1)Cc1ccccc1. The summed E-state index contributed by atoms with van der Waals surface area (Å²) in [6, 6.07) is 31.4. The van der Waals surface area contributed by atoms with Gasteiger partial charge in [0.15, 0.2) is 0 Å². The van der Waals surface area contributed by atoms with Crippen LogP contribution in [0.15, 0.2) is 91.0 Å². The molecule has 0 amide bonds. The van der Waals surface area contributed by atoms with Crippen LogP contribution in [0.4, 0.5) is 0 Å². The first kappa shape index (κ1) is 20.4. The normalized spacial score (nSPS) is 11.8. The standard InChI is InChI=1S/C23H25NO.BrH/c25-19-23(16-20-10-4-1-5-11-20)24(17-21-12-6-2-7-13-21)18-22-14-8-3-9-15-22;/h1-15,23,25H,16-19H2;1H/t23-;/m0./s1. The van der Waals surface area contributed by atoms with Crippen LogP contribution in [0.3, 0.4) is 0 Å². The highest BCUT2D eigenvalue weighted by Crippen LogP contribution is 2.16. The van der Waals surface area contributed by atoms with Crippen molar-refractivity contribution in [1.29, 1.82) is 0 Å². The Kier molecular flexibility index (Phi) is 8.56. The molecule has 3 aromatic carbocycles. The molecule has 0 spiro atoms. The van der Waals surface area contributed by atoms with E-state index in [1.54, 1.807) is 0 Å². The molecule has 0 bridgehead atoms. The average Bonchev–Trinajstić information content (AvgIpc) is 2.68. The number of halogens is 1. The minimum Gasteiger partial charge on any atom is -0.395 e. The highest BCUT2D eigenvalue weighted by Gasteiger charge is 2.19. The van der Waals surface area contributed by atoms with Crippen molar-refractivity contribution in [1.82, 2.24) is 4.90 Å². The van der Waals surface area contributed by atoms with Crippen molar-refractivity contribution in [2.45, 2.75) is 25.6 Å². The van der Waals surface area contributed by atoms with E-state index in [1.807, 2.05) is 18.2 Å². The minimum atomic E-state index is 0. The quantitative estimate of drug-likeness (QED) is 0.571. The Morgan fingerprint density at radius 2 is 1.00 bits per heavy atom. The van der Waals surface area contributed by atoms with Gasteiger partial charge in [0.2, 0.25) is 0 Å². The van der Waals surface area contributed by atoms with Crippen LogP contribution in [0.2, 0.25) is 0 Å². The smallest absolute Gasteiger partial charge is 0.0590 e. The van der Waals surface area contributed by atoms with E-state index in [9.17, 15) is 5.11 Å². The van der Waals surface area contributed by atoms with Crippen LogP contribution in [0, 0.1) is 0 Å². The lowest BCUT2D eigenvalue weighted by molar-refractivity contribution is 0.109. The maximum atomic E-state index is 10.1. The zero-order valence-corrected chi connectivity index (χ0v) is 16.6. The first-order chi connectivity index (χ1) is 12.3. The van der Waals surface area contributed by atoms with Crippen LogP contribution in [-0.2, 0) is 19.5 Å². The molecular formula is C23H26BrNO. The van der Waals surface area contributed by atoms with Crippen molar-refractivity contribution in [2.75, 3.05) is 6.61 Å². The van der Waals surface area contributed by atoms with Gasteiger partial charge in [-0.15, -0.1) is 17.0 Å². The third-order valence-corrected chi connectivity index (χ3v) is 4.50. The minimum absolute atomic E-state index is 0. The van der Waals surface area contributed by atoms with Crippen molar-refractivity contribution in [2.24, 2.45) is 0 Å². The Balaban J connectivity index is 0.00000243. The number of hydrogen-bond acceptors (Lipinski definition) is 2. The number of hydrogen-bond donors (Lipinski definition) is 1. The van der Waals surface area contributed by atoms with Crippen molar-refractivity contribution < 1.29 is 5.11 Å². The summed E-state index contributed by atoms with van der Waals surface area (Å²) in [5.41, 5.74) is 3.79. The van der Waals surface area contributed by atoms with Gasteiger partial charge in [0.05, 0.1) is 6.61 Å². The Morgan fingerprint density at radius 3 is 1.38 bits per heavy atom. The molecule has 3 aromatic rings. The van der Waals surface area contributed by atoms with Gasteiger partial charge in [0.1, 0.15) is 0 Å². The molecule has 0 radical (unpaired) electrons. The molecule has 0 fully saturated rings. The summed E-state index contributed by atoms with van der Waals surface area (Å²) >= 11 is 0. The summed E-state index contributed by atoms with van der Waals surface area (Å²) in [5.74, 6) is 0. The number of benzene rings is 3. The first-order valence-corrected chi connectivity index (χ1v) is 8.82. The molecule has 136 valence electrons. The van der Waals surface area contributed by atoms with Crippen LogP contribution >= 0.6 is 17.0 Å². The highest BCUT2D eigenvalue weighted by atomic mass is 79.9. The van der Waals surface area contributed by atoms with Gasteiger partial charge in [-0.05, 0) is 23.1 Å². The zero-order valence-electron chi connectivity index (χ0n) is 14.9. The maximum absolute atomic E-state index is 10.1. The summed E-state index contributed by atoms with van der Waals surface area (Å²) in [6.07, 6.45) is 0.844. The summed E-state index contributed by atoms with van der Waals surface area (Å²) in [6.45, 7) is 1.80. The molecule has 0 heterocycles. The third kappa shape index (κ3) is 6.10. The molecule has 1 N–H and O–H groups in total. The average molecular weight is 412 g/mol. The molecule has 3 rings (SSSR count). The van der Waals surface area contributed by atoms with Crippen LogP contribution < -0.4 is 0 Å². The van der Waals surface area contributed by atoms with E-state index in [1.165, 1.54) is 16.7 Å². The molecule has 0 aliphatic rings. The summed E-state index contributed by atoms with van der Waals surface area (Å²) in [7, 11) is 0. The first-order valence-electron chi connectivity index (χ1n) is 8.82.